The SMILES string of the molecule is CCNC(=NCCC(=O)Nc1cccc(C)n1)N(C)Cc1cccc(F)c1.I. The van der Waals surface area contributed by atoms with E-state index < -0.39 is 0 Å². The fourth-order valence-electron chi connectivity index (χ4n) is 2.54. The third-order valence-electron chi connectivity index (χ3n) is 3.76. The maximum absolute atomic E-state index is 13.3. The van der Waals surface area contributed by atoms with Crippen molar-refractivity contribution in [2.75, 3.05) is 25.5 Å². The van der Waals surface area contributed by atoms with Gasteiger partial charge in [0.05, 0.1) is 6.54 Å². The van der Waals surface area contributed by atoms with Crippen molar-refractivity contribution in [2.45, 2.75) is 26.8 Å². The van der Waals surface area contributed by atoms with E-state index in [0.717, 1.165) is 11.3 Å². The Morgan fingerprint density at radius 1 is 1.25 bits per heavy atom. The number of nitrogens with one attached hydrogen (secondary N) is 2. The van der Waals surface area contributed by atoms with Crippen LogP contribution in [-0.2, 0) is 11.3 Å². The van der Waals surface area contributed by atoms with Crippen molar-refractivity contribution in [1.82, 2.24) is 15.2 Å². The van der Waals surface area contributed by atoms with Crippen LogP contribution in [0.4, 0.5) is 10.2 Å². The number of carbonyl (C=O) groups is 1. The summed E-state index contributed by atoms with van der Waals surface area (Å²) < 4.78 is 13.3. The minimum atomic E-state index is -0.260. The number of guanidine groups is 1. The summed E-state index contributed by atoms with van der Waals surface area (Å²) in [4.78, 5) is 22.7. The summed E-state index contributed by atoms with van der Waals surface area (Å²) in [6, 6.07) is 12.0. The highest BCUT2D eigenvalue weighted by molar-refractivity contribution is 14.0. The normalized spacial score (nSPS) is 10.8. The van der Waals surface area contributed by atoms with Crippen molar-refractivity contribution in [3.05, 3.63) is 59.5 Å². The number of anilines is 1. The molecule has 0 bridgehead atoms. The molecule has 6 nitrogen and oxygen atoms in total. The molecular formula is C20H27FIN5O. The standard InChI is InChI=1S/C20H26FN5O.HI/c1-4-22-20(26(3)14-16-8-6-9-17(21)13-16)23-12-11-19(27)25-18-10-5-7-15(2)24-18;/h5-10,13H,4,11-12,14H2,1-3H3,(H,22,23)(H,24,25,27);1H. The molecule has 0 saturated carbocycles. The Labute approximate surface area is 182 Å². The lowest BCUT2D eigenvalue weighted by Crippen LogP contribution is -2.38. The Hall–Kier alpha value is -2.23. The Kier molecular flexibility index (Phi) is 10.4. The van der Waals surface area contributed by atoms with E-state index in [1.54, 1.807) is 12.1 Å². The largest absolute Gasteiger partial charge is 0.357 e. The Bertz CT molecular complexity index is 800. The Balaban J connectivity index is 0.00000392. The number of hydrogen-bond acceptors (Lipinski definition) is 3. The van der Waals surface area contributed by atoms with Crippen LogP contribution in [-0.4, -0.2) is 41.9 Å². The van der Waals surface area contributed by atoms with Crippen molar-refractivity contribution >= 4 is 41.7 Å². The summed E-state index contributed by atoms with van der Waals surface area (Å²) in [6.07, 6.45) is 0.248. The molecule has 0 unspecified atom stereocenters. The maximum atomic E-state index is 13.3. The summed E-state index contributed by atoms with van der Waals surface area (Å²) in [5.74, 6) is 0.812. The Morgan fingerprint density at radius 3 is 2.68 bits per heavy atom. The fraction of sp³-hybridized carbons (Fsp3) is 0.350. The van der Waals surface area contributed by atoms with E-state index in [1.807, 2.05) is 44.0 Å². The molecule has 1 heterocycles. The molecule has 152 valence electrons. The van der Waals surface area contributed by atoms with Crippen molar-refractivity contribution in [2.24, 2.45) is 4.99 Å². The second kappa shape index (κ2) is 12.3. The number of rotatable bonds is 7. The molecule has 0 aliphatic carbocycles. The first kappa shape index (κ1) is 23.8. The van der Waals surface area contributed by atoms with Crippen molar-refractivity contribution in [1.29, 1.82) is 0 Å². The van der Waals surface area contributed by atoms with Crippen LogP contribution >= 0.6 is 24.0 Å². The Morgan fingerprint density at radius 2 is 2.00 bits per heavy atom. The van der Waals surface area contributed by atoms with Crippen LogP contribution in [0.2, 0.25) is 0 Å². The monoisotopic (exact) mass is 499 g/mol. The molecule has 1 amide bonds. The van der Waals surface area contributed by atoms with Gasteiger partial charge >= 0.3 is 0 Å². The number of pyridine rings is 1. The third kappa shape index (κ3) is 8.20. The number of benzene rings is 1. The van der Waals surface area contributed by atoms with Gasteiger partial charge in [-0.1, -0.05) is 18.2 Å². The molecule has 8 heteroatoms. The van der Waals surface area contributed by atoms with Gasteiger partial charge < -0.3 is 15.5 Å². The van der Waals surface area contributed by atoms with Crippen LogP contribution in [0.15, 0.2) is 47.5 Å². The summed E-state index contributed by atoms with van der Waals surface area (Å²) >= 11 is 0. The lowest BCUT2D eigenvalue weighted by atomic mass is 10.2. The van der Waals surface area contributed by atoms with Crippen molar-refractivity contribution in [3.8, 4) is 0 Å². The molecule has 0 aliphatic rings. The molecule has 2 N–H and O–H groups in total. The van der Waals surface area contributed by atoms with E-state index in [0.29, 0.717) is 31.4 Å². The molecule has 0 aliphatic heterocycles. The van der Waals surface area contributed by atoms with Crippen molar-refractivity contribution < 1.29 is 9.18 Å². The first-order chi connectivity index (χ1) is 13.0. The minimum Gasteiger partial charge on any atom is -0.357 e. The predicted octanol–water partition coefficient (Wildman–Crippen LogP) is 3.57. The van der Waals surface area contributed by atoms with Gasteiger partial charge in [0.15, 0.2) is 5.96 Å². The second-order valence-electron chi connectivity index (χ2n) is 6.18. The van der Waals surface area contributed by atoms with Crippen LogP contribution in [0.1, 0.15) is 24.6 Å². The number of carbonyl (C=O) groups excluding carboxylic acids is 1. The molecule has 2 rings (SSSR count). The maximum Gasteiger partial charge on any atom is 0.227 e. The molecule has 2 aromatic rings. The topological polar surface area (TPSA) is 69.6 Å². The fourth-order valence-corrected chi connectivity index (χ4v) is 2.54. The van der Waals surface area contributed by atoms with E-state index >= 15 is 0 Å². The van der Waals surface area contributed by atoms with Gasteiger partial charge in [-0.25, -0.2) is 9.37 Å². The number of aromatic nitrogens is 1. The van der Waals surface area contributed by atoms with Crippen LogP contribution < -0.4 is 10.6 Å². The minimum absolute atomic E-state index is 0. The van der Waals surface area contributed by atoms with Gasteiger partial charge in [-0.15, -0.1) is 24.0 Å². The number of amides is 1. The zero-order chi connectivity index (χ0) is 19.6. The van der Waals surface area contributed by atoms with Crippen LogP contribution in [0.3, 0.4) is 0 Å². The molecule has 0 spiro atoms. The van der Waals surface area contributed by atoms with E-state index in [1.165, 1.54) is 12.1 Å². The van der Waals surface area contributed by atoms with Crippen LogP contribution in [0, 0.1) is 12.7 Å². The first-order valence-corrected chi connectivity index (χ1v) is 8.95. The van der Waals surface area contributed by atoms with Gasteiger partial charge in [0.1, 0.15) is 11.6 Å². The van der Waals surface area contributed by atoms with E-state index in [-0.39, 0.29) is 42.1 Å². The number of aryl methyl sites for hydroxylation is 1. The van der Waals surface area contributed by atoms with Gasteiger partial charge in [0, 0.05) is 32.3 Å². The number of halogens is 2. The summed E-state index contributed by atoms with van der Waals surface area (Å²) in [6.45, 7) is 5.40. The molecular weight excluding hydrogens is 472 g/mol. The smallest absolute Gasteiger partial charge is 0.227 e. The highest BCUT2D eigenvalue weighted by atomic mass is 127. The summed E-state index contributed by atoms with van der Waals surface area (Å²) in [5.41, 5.74) is 1.70. The summed E-state index contributed by atoms with van der Waals surface area (Å²) in [7, 11) is 1.88. The van der Waals surface area contributed by atoms with Gasteiger partial charge in [0.2, 0.25) is 5.91 Å². The van der Waals surface area contributed by atoms with E-state index in [2.05, 4.69) is 20.6 Å². The molecule has 28 heavy (non-hydrogen) atoms. The van der Waals surface area contributed by atoms with Gasteiger partial charge in [-0.2, -0.15) is 0 Å². The molecule has 0 fully saturated rings. The van der Waals surface area contributed by atoms with E-state index in [4.69, 9.17) is 0 Å². The lowest BCUT2D eigenvalue weighted by molar-refractivity contribution is -0.116. The highest BCUT2D eigenvalue weighted by Crippen LogP contribution is 2.07. The third-order valence-corrected chi connectivity index (χ3v) is 3.76. The average molecular weight is 499 g/mol. The number of hydrogen-bond donors (Lipinski definition) is 2. The number of aliphatic imine (C=N–C) groups is 1. The second-order valence-corrected chi connectivity index (χ2v) is 6.18. The summed E-state index contributed by atoms with van der Waals surface area (Å²) in [5, 5.41) is 5.96. The molecule has 1 aromatic carbocycles. The van der Waals surface area contributed by atoms with Gasteiger partial charge in [-0.05, 0) is 43.7 Å². The molecule has 1 aromatic heterocycles. The van der Waals surface area contributed by atoms with Crippen molar-refractivity contribution in [3.63, 3.8) is 0 Å². The highest BCUT2D eigenvalue weighted by Gasteiger charge is 2.08. The van der Waals surface area contributed by atoms with Gasteiger partial charge in [0.25, 0.3) is 0 Å². The average Bonchev–Trinajstić information content (AvgIpc) is 2.61. The zero-order valence-corrected chi connectivity index (χ0v) is 18.7. The quantitative estimate of drug-likeness (QED) is 0.347. The van der Waals surface area contributed by atoms with Crippen LogP contribution in [0.25, 0.3) is 0 Å². The molecule has 0 radical (unpaired) electrons. The number of nitrogens with zero attached hydrogens (tertiary/aromatic N) is 3. The van der Waals surface area contributed by atoms with Crippen LogP contribution in [0.5, 0.6) is 0 Å². The van der Waals surface area contributed by atoms with Gasteiger partial charge in [-0.3, -0.25) is 9.79 Å². The lowest BCUT2D eigenvalue weighted by Gasteiger charge is -2.22. The first-order valence-electron chi connectivity index (χ1n) is 8.95. The predicted molar refractivity (Wildman–Crippen MR) is 121 cm³/mol. The zero-order valence-electron chi connectivity index (χ0n) is 16.4. The molecule has 0 atom stereocenters. The van der Waals surface area contributed by atoms with E-state index in [9.17, 15) is 9.18 Å². The molecule has 0 saturated heterocycles.